The van der Waals surface area contributed by atoms with E-state index in [0.29, 0.717) is 35.8 Å². The normalized spacial score (nSPS) is 10.9. The maximum Gasteiger partial charge on any atom is 0.343 e. The number of carbonyl (C=O) groups excluding carboxylic acids is 2. The molecule has 0 saturated heterocycles. The van der Waals surface area contributed by atoms with Gasteiger partial charge in [-0.05, 0) is 84.8 Å². The van der Waals surface area contributed by atoms with Gasteiger partial charge in [-0.15, -0.1) is 0 Å². The van der Waals surface area contributed by atoms with Gasteiger partial charge in [0.2, 0.25) is 0 Å². The molecule has 0 N–H and O–H groups in total. The van der Waals surface area contributed by atoms with Crippen molar-refractivity contribution >= 4 is 23.8 Å². The lowest BCUT2D eigenvalue weighted by Gasteiger charge is -2.08. The Hall–Kier alpha value is -3.97. The van der Waals surface area contributed by atoms with Gasteiger partial charge in [-0.25, -0.2) is 9.59 Å². The highest BCUT2D eigenvalue weighted by atomic mass is 16.6. The molecule has 0 aliphatic rings. The summed E-state index contributed by atoms with van der Waals surface area (Å²) in [5.41, 5.74) is 2.43. The number of hydrogen-bond acceptors (Lipinski definition) is 7. The number of unbranched alkanes of at least 4 members (excludes halogenated alkanes) is 3. The third kappa shape index (κ3) is 9.54. The molecule has 0 bridgehead atoms. The van der Waals surface area contributed by atoms with Crippen molar-refractivity contribution in [3.05, 3.63) is 89.5 Å². The number of nitrogens with zero attached hydrogens (tertiary/aromatic N) is 1. The molecule has 7 nitrogen and oxygen atoms in total. The van der Waals surface area contributed by atoms with Crippen molar-refractivity contribution in [1.82, 2.24) is 0 Å². The zero-order valence-corrected chi connectivity index (χ0v) is 21.4. The number of carbonyl (C=O) groups is 2. The third-order valence-electron chi connectivity index (χ3n) is 5.43. The average molecular weight is 504 g/mol. The molecule has 0 aliphatic heterocycles. The van der Waals surface area contributed by atoms with Crippen LogP contribution in [0.4, 0.5) is 5.69 Å². The maximum absolute atomic E-state index is 12.5. The van der Waals surface area contributed by atoms with E-state index in [-0.39, 0.29) is 6.61 Å². The molecule has 7 heteroatoms. The molecule has 0 radical (unpaired) electrons. The Labute approximate surface area is 218 Å². The predicted molar refractivity (Wildman–Crippen MR) is 143 cm³/mol. The third-order valence-corrected chi connectivity index (χ3v) is 5.43. The lowest BCUT2D eigenvalue weighted by Crippen LogP contribution is -2.09. The first-order valence-electron chi connectivity index (χ1n) is 12.4. The molecule has 0 fully saturated rings. The van der Waals surface area contributed by atoms with E-state index in [4.69, 9.17) is 18.9 Å². The molecule has 3 rings (SSSR count). The summed E-state index contributed by atoms with van der Waals surface area (Å²) in [5.74, 6) is 0.347. The number of hydrogen-bond donors (Lipinski definition) is 0. The quantitative estimate of drug-likeness (QED) is 0.109. The summed E-state index contributed by atoms with van der Waals surface area (Å²) in [6, 6.07) is 20.8. The molecule has 0 spiro atoms. The molecule has 37 heavy (non-hydrogen) atoms. The van der Waals surface area contributed by atoms with Crippen molar-refractivity contribution < 1.29 is 28.5 Å². The monoisotopic (exact) mass is 503 g/mol. The summed E-state index contributed by atoms with van der Waals surface area (Å²) in [6.07, 6.45) is 6.28. The highest BCUT2D eigenvalue weighted by Crippen LogP contribution is 2.18. The van der Waals surface area contributed by atoms with Crippen LogP contribution in [0.25, 0.3) is 0 Å². The minimum Gasteiger partial charge on any atom is -0.494 e. The number of benzene rings is 3. The average Bonchev–Trinajstić information content (AvgIpc) is 2.93. The van der Waals surface area contributed by atoms with Crippen molar-refractivity contribution in [2.75, 3.05) is 26.9 Å². The molecule has 0 saturated carbocycles. The molecule has 0 heterocycles. The molecule has 0 aliphatic carbocycles. The van der Waals surface area contributed by atoms with Crippen LogP contribution in [0, 0.1) is 0 Å². The van der Waals surface area contributed by atoms with Crippen LogP contribution in [-0.2, 0) is 9.47 Å². The van der Waals surface area contributed by atoms with Crippen LogP contribution < -0.4 is 9.47 Å². The van der Waals surface area contributed by atoms with E-state index >= 15 is 0 Å². The van der Waals surface area contributed by atoms with E-state index in [9.17, 15) is 9.59 Å². The fourth-order valence-electron chi connectivity index (χ4n) is 3.33. The van der Waals surface area contributed by atoms with Crippen LogP contribution in [-0.4, -0.2) is 45.1 Å². The molecule has 0 unspecified atom stereocenters. The molecule has 0 amide bonds. The minimum atomic E-state index is -0.434. The SMILES string of the molecule is CCCCCCOc1ccc(C(=O)Oc2ccc(C=Nc3ccc(C(=O)OCCOC)cc3)cc2)cc1. The molecule has 194 valence electrons. The second-order valence-electron chi connectivity index (χ2n) is 8.33. The van der Waals surface area contributed by atoms with Crippen LogP contribution >= 0.6 is 0 Å². The van der Waals surface area contributed by atoms with Crippen molar-refractivity contribution in [3.63, 3.8) is 0 Å². The van der Waals surface area contributed by atoms with Gasteiger partial charge in [-0.1, -0.05) is 26.2 Å². The largest absolute Gasteiger partial charge is 0.494 e. The van der Waals surface area contributed by atoms with Gasteiger partial charge in [0.25, 0.3) is 0 Å². The zero-order valence-electron chi connectivity index (χ0n) is 21.4. The van der Waals surface area contributed by atoms with Crippen molar-refractivity contribution in [2.45, 2.75) is 32.6 Å². The fourth-order valence-corrected chi connectivity index (χ4v) is 3.33. The Morgan fingerprint density at radius 2 is 1.38 bits per heavy atom. The summed E-state index contributed by atoms with van der Waals surface area (Å²) in [6.45, 7) is 3.42. The van der Waals surface area contributed by atoms with Crippen LogP contribution in [0.5, 0.6) is 11.5 Å². The number of esters is 2. The summed E-state index contributed by atoms with van der Waals surface area (Å²) >= 11 is 0. The van der Waals surface area contributed by atoms with Crippen molar-refractivity contribution in [3.8, 4) is 11.5 Å². The van der Waals surface area contributed by atoms with Crippen molar-refractivity contribution in [1.29, 1.82) is 0 Å². The van der Waals surface area contributed by atoms with Gasteiger partial charge in [-0.3, -0.25) is 4.99 Å². The van der Waals surface area contributed by atoms with Gasteiger partial charge in [0.15, 0.2) is 0 Å². The molecule has 3 aromatic carbocycles. The molecular formula is C30H33NO6. The minimum absolute atomic E-state index is 0.209. The summed E-state index contributed by atoms with van der Waals surface area (Å²) in [4.78, 5) is 28.8. The number of ether oxygens (including phenoxy) is 4. The topological polar surface area (TPSA) is 83.4 Å². The zero-order chi connectivity index (χ0) is 26.3. The van der Waals surface area contributed by atoms with Gasteiger partial charge in [0.05, 0.1) is 30.0 Å². The van der Waals surface area contributed by atoms with Crippen LogP contribution in [0.3, 0.4) is 0 Å². The van der Waals surface area contributed by atoms with Crippen molar-refractivity contribution in [2.24, 2.45) is 4.99 Å². The smallest absolute Gasteiger partial charge is 0.343 e. The lowest BCUT2D eigenvalue weighted by molar-refractivity contribution is 0.0388. The lowest BCUT2D eigenvalue weighted by atomic mass is 10.2. The Bertz CT molecular complexity index is 1140. The molecule has 0 aromatic heterocycles. The molecule has 0 atom stereocenters. The fraction of sp³-hybridized carbons (Fsp3) is 0.300. The van der Waals surface area contributed by atoms with Gasteiger partial charge in [0, 0.05) is 13.3 Å². The summed E-state index contributed by atoms with van der Waals surface area (Å²) < 4.78 is 21.2. The van der Waals surface area contributed by atoms with E-state index in [1.54, 1.807) is 74.0 Å². The summed E-state index contributed by atoms with van der Waals surface area (Å²) in [5, 5.41) is 0. The number of aliphatic imine (C=N–C) groups is 1. The van der Waals surface area contributed by atoms with Gasteiger partial charge in [-0.2, -0.15) is 0 Å². The van der Waals surface area contributed by atoms with Gasteiger partial charge >= 0.3 is 11.9 Å². The van der Waals surface area contributed by atoms with Gasteiger partial charge < -0.3 is 18.9 Å². The second-order valence-corrected chi connectivity index (χ2v) is 8.33. The van der Waals surface area contributed by atoms with E-state index in [2.05, 4.69) is 11.9 Å². The number of methoxy groups -OCH3 is 1. The van der Waals surface area contributed by atoms with Crippen LogP contribution in [0.1, 0.15) is 58.9 Å². The van der Waals surface area contributed by atoms with E-state index in [1.807, 2.05) is 12.1 Å². The standard InChI is InChI=1S/C30H33NO6/c1-3-4-5-6-19-35-27-17-11-25(12-18-27)30(33)37-28-15-7-23(8-16-28)22-31-26-13-9-24(10-14-26)29(32)36-21-20-34-2/h7-18,22H,3-6,19-21H2,1-2H3. The first-order valence-corrected chi connectivity index (χ1v) is 12.4. The van der Waals surface area contributed by atoms with E-state index in [0.717, 1.165) is 24.2 Å². The highest BCUT2D eigenvalue weighted by molar-refractivity contribution is 5.91. The maximum atomic E-state index is 12.5. The Morgan fingerprint density at radius 3 is 2.05 bits per heavy atom. The van der Waals surface area contributed by atoms with E-state index in [1.165, 1.54) is 12.8 Å². The summed E-state index contributed by atoms with van der Waals surface area (Å²) in [7, 11) is 1.55. The first kappa shape index (κ1) is 27.6. The predicted octanol–water partition coefficient (Wildman–Crippen LogP) is 6.42. The molecular weight excluding hydrogens is 470 g/mol. The Morgan fingerprint density at radius 1 is 0.730 bits per heavy atom. The molecule has 3 aromatic rings. The second kappa shape index (κ2) is 15.2. The van der Waals surface area contributed by atoms with Crippen LogP contribution in [0.15, 0.2) is 77.8 Å². The number of rotatable bonds is 14. The Kier molecular flexibility index (Phi) is 11.4. The first-order chi connectivity index (χ1) is 18.1. The highest BCUT2D eigenvalue weighted by Gasteiger charge is 2.09. The van der Waals surface area contributed by atoms with Gasteiger partial charge in [0.1, 0.15) is 18.1 Å². The Balaban J connectivity index is 1.47. The van der Waals surface area contributed by atoms with E-state index < -0.39 is 11.9 Å². The van der Waals surface area contributed by atoms with Crippen LogP contribution in [0.2, 0.25) is 0 Å².